The summed E-state index contributed by atoms with van der Waals surface area (Å²) >= 11 is 0. The summed E-state index contributed by atoms with van der Waals surface area (Å²) in [6, 6.07) is 3.65. The van der Waals surface area contributed by atoms with E-state index in [2.05, 4.69) is 5.32 Å². The molecule has 0 aliphatic carbocycles. The lowest BCUT2D eigenvalue weighted by atomic mass is 10.0. The zero-order valence-electron chi connectivity index (χ0n) is 11.5. The van der Waals surface area contributed by atoms with Crippen molar-refractivity contribution in [3.63, 3.8) is 0 Å². The number of nitrogens with one attached hydrogen (secondary N) is 1. The van der Waals surface area contributed by atoms with Crippen molar-refractivity contribution in [3.8, 4) is 0 Å². The normalized spacial score (nSPS) is 22.0. The van der Waals surface area contributed by atoms with Crippen molar-refractivity contribution in [1.29, 1.82) is 0 Å². The fraction of sp³-hybridized carbons (Fsp3) is 0.500. The van der Waals surface area contributed by atoms with Gasteiger partial charge in [-0.2, -0.15) is 0 Å². The average molecular weight is 284 g/mol. The molecule has 20 heavy (non-hydrogen) atoms. The Balaban J connectivity index is 2.02. The van der Waals surface area contributed by atoms with Gasteiger partial charge in [0, 0.05) is 19.6 Å². The largest absolute Gasteiger partial charge is 0.379 e. The number of amides is 1. The zero-order chi connectivity index (χ0) is 14.7. The summed E-state index contributed by atoms with van der Waals surface area (Å²) in [6.45, 7) is 1.13. The molecule has 1 aliphatic rings. The topological polar surface area (TPSA) is 41.6 Å². The molecule has 2 unspecified atom stereocenters. The molecule has 1 heterocycles. The molecule has 4 nitrogen and oxygen atoms in total. The van der Waals surface area contributed by atoms with Crippen LogP contribution in [-0.2, 0) is 16.1 Å². The van der Waals surface area contributed by atoms with Crippen LogP contribution in [0.1, 0.15) is 5.56 Å². The predicted molar refractivity (Wildman–Crippen MR) is 70.0 cm³/mol. The molecule has 1 aromatic rings. The van der Waals surface area contributed by atoms with E-state index in [0.717, 1.165) is 12.1 Å². The van der Waals surface area contributed by atoms with Crippen LogP contribution < -0.4 is 5.32 Å². The van der Waals surface area contributed by atoms with Crippen LogP contribution in [0.15, 0.2) is 18.2 Å². The standard InChI is InChI=1S/C14H18F2N2O2/c1-17-13-8-20-7-10(13)14(19)18(2)6-9-3-4-11(15)12(16)5-9/h3-5,10,13,17H,6-8H2,1-2H3. The fourth-order valence-corrected chi connectivity index (χ4v) is 2.36. The number of carbonyl (C=O) groups excluding carboxylic acids is 1. The maximum Gasteiger partial charge on any atom is 0.229 e. The Labute approximate surface area is 116 Å². The third kappa shape index (κ3) is 3.13. The summed E-state index contributed by atoms with van der Waals surface area (Å²) in [5.74, 6) is -2.09. The maximum atomic E-state index is 13.1. The molecular weight excluding hydrogens is 266 g/mol. The molecule has 2 rings (SSSR count). The molecular formula is C14H18F2N2O2. The second kappa shape index (κ2) is 6.28. The van der Waals surface area contributed by atoms with Gasteiger partial charge in [-0.1, -0.05) is 6.07 Å². The lowest BCUT2D eigenvalue weighted by molar-refractivity contribution is -0.135. The summed E-state index contributed by atoms with van der Waals surface area (Å²) in [6.07, 6.45) is 0. The van der Waals surface area contributed by atoms with E-state index in [9.17, 15) is 13.6 Å². The van der Waals surface area contributed by atoms with Gasteiger partial charge >= 0.3 is 0 Å². The van der Waals surface area contributed by atoms with Gasteiger partial charge in [-0.05, 0) is 24.7 Å². The van der Waals surface area contributed by atoms with Gasteiger partial charge in [-0.15, -0.1) is 0 Å². The number of likely N-dealkylation sites (N-methyl/N-ethyl adjacent to an activating group) is 1. The Morgan fingerprint density at radius 2 is 2.15 bits per heavy atom. The summed E-state index contributed by atoms with van der Waals surface area (Å²) in [4.78, 5) is 13.8. The minimum atomic E-state index is -0.902. The van der Waals surface area contributed by atoms with Crippen LogP contribution in [0.5, 0.6) is 0 Å². The van der Waals surface area contributed by atoms with Crippen LogP contribution in [0.3, 0.4) is 0 Å². The monoisotopic (exact) mass is 284 g/mol. The first-order valence-corrected chi connectivity index (χ1v) is 6.47. The van der Waals surface area contributed by atoms with Crippen LogP contribution in [0.25, 0.3) is 0 Å². The highest BCUT2D eigenvalue weighted by atomic mass is 19.2. The maximum absolute atomic E-state index is 13.1. The second-order valence-corrected chi connectivity index (χ2v) is 4.98. The molecule has 1 aliphatic heterocycles. The van der Waals surface area contributed by atoms with Crippen LogP contribution >= 0.6 is 0 Å². The molecule has 0 radical (unpaired) electrons. The van der Waals surface area contributed by atoms with E-state index in [0.29, 0.717) is 18.8 Å². The smallest absolute Gasteiger partial charge is 0.229 e. The summed E-state index contributed by atoms with van der Waals surface area (Å²) in [5.41, 5.74) is 0.555. The van der Waals surface area contributed by atoms with Gasteiger partial charge < -0.3 is 15.0 Å². The van der Waals surface area contributed by atoms with Gasteiger partial charge in [0.1, 0.15) is 0 Å². The molecule has 110 valence electrons. The molecule has 1 N–H and O–H groups in total. The Morgan fingerprint density at radius 3 is 2.80 bits per heavy atom. The number of halogens is 2. The molecule has 1 amide bonds. The third-order valence-corrected chi connectivity index (χ3v) is 3.55. The number of hydrogen-bond acceptors (Lipinski definition) is 3. The minimum Gasteiger partial charge on any atom is -0.379 e. The van der Waals surface area contributed by atoms with Crippen LogP contribution in [-0.4, -0.2) is 44.2 Å². The van der Waals surface area contributed by atoms with E-state index in [1.807, 2.05) is 0 Å². The van der Waals surface area contributed by atoms with Gasteiger partial charge in [-0.3, -0.25) is 4.79 Å². The van der Waals surface area contributed by atoms with E-state index >= 15 is 0 Å². The number of hydrogen-bond donors (Lipinski definition) is 1. The van der Waals surface area contributed by atoms with Crippen molar-refractivity contribution in [2.45, 2.75) is 12.6 Å². The van der Waals surface area contributed by atoms with Crippen LogP contribution in [0, 0.1) is 17.6 Å². The quantitative estimate of drug-likeness (QED) is 0.902. The van der Waals surface area contributed by atoms with Gasteiger partial charge in [0.15, 0.2) is 11.6 Å². The average Bonchev–Trinajstić information content (AvgIpc) is 2.90. The van der Waals surface area contributed by atoms with Gasteiger partial charge in [0.2, 0.25) is 5.91 Å². The van der Waals surface area contributed by atoms with E-state index in [4.69, 9.17) is 4.74 Å². The third-order valence-electron chi connectivity index (χ3n) is 3.55. The highest BCUT2D eigenvalue weighted by molar-refractivity contribution is 5.79. The SMILES string of the molecule is CNC1COCC1C(=O)N(C)Cc1ccc(F)c(F)c1. The molecule has 6 heteroatoms. The Bertz CT molecular complexity index is 496. The second-order valence-electron chi connectivity index (χ2n) is 4.98. The molecule has 0 bridgehead atoms. The summed E-state index contributed by atoms with van der Waals surface area (Å²) < 4.78 is 31.3. The highest BCUT2D eigenvalue weighted by Crippen LogP contribution is 2.18. The number of benzene rings is 1. The molecule has 0 saturated carbocycles. The zero-order valence-corrected chi connectivity index (χ0v) is 11.5. The van der Waals surface area contributed by atoms with E-state index in [1.165, 1.54) is 11.0 Å². The Kier molecular flexibility index (Phi) is 4.67. The number of rotatable bonds is 4. The molecule has 1 saturated heterocycles. The first-order chi connectivity index (χ1) is 9.52. The molecule has 2 atom stereocenters. The van der Waals surface area contributed by atoms with Crippen molar-refractivity contribution < 1.29 is 18.3 Å². The van der Waals surface area contributed by atoms with Crippen molar-refractivity contribution >= 4 is 5.91 Å². The lowest BCUT2D eigenvalue weighted by Gasteiger charge is -2.23. The van der Waals surface area contributed by atoms with Gasteiger partial charge in [0.25, 0.3) is 0 Å². The Morgan fingerprint density at radius 1 is 1.40 bits per heavy atom. The molecule has 1 aromatic carbocycles. The van der Waals surface area contributed by atoms with Crippen molar-refractivity contribution in [2.24, 2.45) is 5.92 Å². The van der Waals surface area contributed by atoms with E-state index in [-0.39, 0.29) is 24.4 Å². The molecule has 0 aromatic heterocycles. The fourth-order valence-electron chi connectivity index (χ4n) is 2.36. The Hall–Kier alpha value is -1.53. The molecule has 0 spiro atoms. The summed E-state index contributed by atoms with van der Waals surface area (Å²) in [7, 11) is 3.43. The van der Waals surface area contributed by atoms with Crippen molar-refractivity contribution in [1.82, 2.24) is 10.2 Å². The summed E-state index contributed by atoms with van der Waals surface area (Å²) in [5, 5.41) is 3.05. The van der Waals surface area contributed by atoms with Gasteiger partial charge in [-0.25, -0.2) is 8.78 Å². The number of ether oxygens (including phenoxy) is 1. The predicted octanol–water partition coefficient (Wildman–Crippen LogP) is 1.16. The van der Waals surface area contributed by atoms with E-state index < -0.39 is 11.6 Å². The number of carbonyl (C=O) groups is 1. The first kappa shape index (κ1) is 14.9. The van der Waals surface area contributed by atoms with Crippen LogP contribution in [0.2, 0.25) is 0 Å². The lowest BCUT2D eigenvalue weighted by Crippen LogP contribution is -2.43. The van der Waals surface area contributed by atoms with Gasteiger partial charge in [0.05, 0.1) is 19.1 Å². The highest BCUT2D eigenvalue weighted by Gasteiger charge is 2.34. The van der Waals surface area contributed by atoms with Crippen molar-refractivity contribution in [3.05, 3.63) is 35.4 Å². The number of nitrogens with zero attached hydrogens (tertiary/aromatic N) is 1. The van der Waals surface area contributed by atoms with Crippen LogP contribution in [0.4, 0.5) is 8.78 Å². The first-order valence-electron chi connectivity index (χ1n) is 6.47. The minimum absolute atomic E-state index is 0.00472. The van der Waals surface area contributed by atoms with Crippen molar-refractivity contribution in [2.75, 3.05) is 27.3 Å². The molecule has 1 fully saturated rings. The van der Waals surface area contributed by atoms with E-state index in [1.54, 1.807) is 14.1 Å².